The van der Waals surface area contributed by atoms with Crippen LogP contribution in [0.25, 0.3) is 0 Å². The number of unbranched alkanes of at least 4 members (excludes halogenated alkanes) is 3. The first-order valence-electron chi connectivity index (χ1n) is 11.5. The second-order valence-corrected chi connectivity index (χ2v) is 7.95. The van der Waals surface area contributed by atoms with Gasteiger partial charge in [-0.25, -0.2) is 4.99 Å². The van der Waals surface area contributed by atoms with Crippen LogP contribution >= 0.6 is 0 Å². The first-order chi connectivity index (χ1) is 16.0. The fourth-order valence-corrected chi connectivity index (χ4v) is 3.81. The fourth-order valence-electron chi connectivity index (χ4n) is 3.81. The average Bonchev–Trinajstić information content (AvgIpc) is 2.93. The van der Waals surface area contributed by atoms with E-state index in [1.54, 1.807) is 18.9 Å². The summed E-state index contributed by atoms with van der Waals surface area (Å²) in [6.07, 6.45) is 2.82. The average molecular weight is 450 g/mol. The van der Waals surface area contributed by atoms with Crippen LogP contribution in [0.4, 0.5) is 5.69 Å². The van der Waals surface area contributed by atoms with Crippen molar-refractivity contribution in [2.45, 2.75) is 51.6 Å². The van der Waals surface area contributed by atoms with Gasteiger partial charge < -0.3 is 15.0 Å². The highest BCUT2D eigenvalue weighted by molar-refractivity contribution is 6.20. The van der Waals surface area contributed by atoms with Crippen LogP contribution in [-0.4, -0.2) is 43.3 Å². The summed E-state index contributed by atoms with van der Waals surface area (Å²) >= 11 is 0. The van der Waals surface area contributed by atoms with E-state index >= 15 is 0 Å². The van der Waals surface area contributed by atoms with E-state index in [-0.39, 0.29) is 17.8 Å². The maximum atomic E-state index is 13.1. The normalized spacial score (nSPS) is 15.3. The lowest BCUT2D eigenvalue weighted by Crippen LogP contribution is -2.46. The standard InChI is InChI=1S/C26H31N3O4/c1-3-33-23(31)18-10-5-4-9-17-22(30)27-25-26(32)29(2)21-16-12-11-15-20(21)24(28-25)19-13-7-6-8-14-19/h6-8,11-16,25H,3-5,9-10,17-18H2,1-2H3,(H,27,30)/t25-/m0/s1. The molecule has 1 aliphatic heterocycles. The van der Waals surface area contributed by atoms with Crippen LogP contribution < -0.4 is 10.2 Å². The van der Waals surface area contributed by atoms with Crippen molar-refractivity contribution < 1.29 is 19.1 Å². The molecule has 174 valence electrons. The molecule has 1 atom stereocenters. The molecule has 0 saturated heterocycles. The van der Waals surface area contributed by atoms with Crippen molar-refractivity contribution in [2.75, 3.05) is 18.6 Å². The van der Waals surface area contributed by atoms with Crippen LogP contribution in [0.15, 0.2) is 59.6 Å². The zero-order valence-corrected chi connectivity index (χ0v) is 19.3. The van der Waals surface area contributed by atoms with Crippen molar-refractivity contribution in [3.05, 3.63) is 65.7 Å². The van der Waals surface area contributed by atoms with Crippen molar-refractivity contribution in [1.29, 1.82) is 0 Å². The predicted octanol–water partition coefficient (Wildman–Crippen LogP) is 3.85. The number of benzodiazepines with no additional fused rings is 1. The lowest BCUT2D eigenvalue weighted by atomic mass is 10.0. The second kappa shape index (κ2) is 11.9. The molecule has 7 heteroatoms. The number of likely N-dealkylation sites (N-methyl/N-ethyl adjacent to an activating group) is 1. The van der Waals surface area contributed by atoms with Crippen LogP contribution in [0.1, 0.15) is 56.6 Å². The van der Waals surface area contributed by atoms with E-state index in [1.807, 2.05) is 54.6 Å². The number of esters is 1. The summed E-state index contributed by atoms with van der Waals surface area (Å²) in [5.41, 5.74) is 3.16. The van der Waals surface area contributed by atoms with Crippen LogP contribution in [-0.2, 0) is 19.1 Å². The highest BCUT2D eigenvalue weighted by atomic mass is 16.5. The summed E-state index contributed by atoms with van der Waals surface area (Å²) in [6, 6.07) is 17.3. The number of ether oxygens (including phenoxy) is 1. The third-order valence-corrected chi connectivity index (χ3v) is 5.53. The van der Waals surface area contributed by atoms with E-state index in [0.717, 1.165) is 36.1 Å². The maximum Gasteiger partial charge on any atom is 0.305 e. The van der Waals surface area contributed by atoms with Crippen molar-refractivity contribution >= 4 is 29.2 Å². The zero-order valence-electron chi connectivity index (χ0n) is 19.3. The van der Waals surface area contributed by atoms with Crippen molar-refractivity contribution in [2.24, 2.45) is 4.99 Å². The van der Waals surface area contributed by atoms with E-state index in [2.05, 4.69) is 5.32 Å². The van der Waals surface area contributed by atoms with Crippen LogP contribution in [0.5, 0.6) is 0 Å². The Hall–Kier alpha value is -3.48. The molecule has 2 aromatic carbocycles. The van der Waals surface area contributed by atoms with Gasteiger partial charge in [-0.3, -0.25) is 14.4 Å². The Kier molecular flexibility index (Phi) is 8.75. The molecule has 0 aromatic heterocycles. The summed E-state index contributed by atoms with van der Waals surface area (Å²) < 4.78 is 4.91. The molecule has 1 heterocycles. The Bertz CT molecular complexity index is 1000. The minimum absolute atomic E-state index is 0.181. The van der Waals surface area contributed by atoms with E-state index in [9.17, 15) is 14.4 Å². The number of carbonyl (C=O) groups excluding carboxylic acids is 3. The quantitative estimate of drug-likeness (QED) is 0.441. The molecule has 1 aliphatic rings. The number of anilines is 1. The van der Waals surface area contributed by atoms with Crippen LogP contribution in [0.2, 0.25) is 0 Å². The van der Waals surface area contributed by atoms with Gasteiger partial charge in [-0.1, -0.05) is 61.4 Å². The Balaban J connectivity index is 1.64. The largest absolute Gasteiger partial charge is 0.466 e. The number of nitrogens with one attached hydrogen (secondary N) is 1. The zero-order chi connectivity index (χ0) is 23.6. The smallest absolute Gasteiger partial charge is 0.305 e. The first kappa shape index (κ1) is 24.2. The summed E-state index contributed by atoms with van der Waals surface area (Å²) in [7, 11) is 1.70. The van der Waals surface area contributed by atoms with Gasteiger partial charge in [-0.15, -0.1) is 0 Å². The Morgan fingerprint density at radius 2 is 1.64 bits per heavy atom. The van der Waals surface area contributed by atoms with Gasteiger partial charge in [0.25, 0.3) is 5.91 Å². The molecule has 0 bridgehead atoms. The molecule has 2 aromatic rings. The van der Waals surface area contributed by atoms with E-state index in [1.165, 1.54) is 0 Å². The predicted molar refractivity (Wildman–Crippen MR) is 128 cm³/mol. The Morgan fingerprint density at radius 1 is 0.970 bits per heavy atom. The fraction of sp³-hybridized carbons (Fsp3) is 0.385. The van der Waals surface area contributed by atoms with Gasteiger partial charge in [0.2, 0.25) is 12.1 Å². The number of fused-ring (bicyclic) bond motifs is 1. The van der Waals surface area contributed by atoms with Gasteiger partial charge in [0.1, 0.15) is 0 Å². The number of benzene rings is 2. The molecule has 0 saturated carbocycles. The number of para-hydroxylation sites is 1. The molecule has 3 rings (SSSR count). The summed E-state index contributed by atoms with van der Waals surface area (Å²) in [5.74, 6) is -0.676. The van der Waals surface area contributed by atoms with E-state index in [4.69, 9.17) is 9.73 Å². The highest BCUT2D eigenvalue weighted by Gasteiger charge is 2.30. The minimum Gasteiger partial charge on any atom is -0.466 e. The maximum absolute atomic E-state index is 13.1. The second-order valence-electron chi connectivity index (χ2n) is 7.95. The van der Waals surface area contributed by atoms with Gasteiger partial charge in [0, 0.05) is 31.0 Å². The lowest BCUT2D eigenvalue weighted by Gasteiger charge is -2.20. The molecule has 33 heavy (non-hydrogen) atoms. The number of hydrogen-bond donors (Lipinski definition) is 1. The van der Waals surface area contributed by atoms with Crippen LogP contribution in [0.3, 0.4) is 0 Å². The molecule has 2 amide bonds. The van der Waals surface area contributed by atoms with Crippen molar-refractivity contribution in [1.82, 2.24) is 5.32 Å². The first-order valence-corrected chi connectivity index (χ1v) is 11.5. The number of amides is 2. The SMILES string of the molecule is CCOC(=O)CCCCCCC(=O)N[C@H]1N=C(c2ccccc2)c2ccccc2N(C)C1=O. The molecule has 0 spiro atoms. The van der Waals surface area contributed by atoms with Crippen molar-refractivity contribution in [3.8, 4) is 0 Å². The monoisotopic (exact) mass is 449 g/mol. The third-order valence-electron chi connectivity index (χ3n) is 5.53. The molecule has 0 unspecified atom stereocenters. The summed E-state index contributed by atoms with van der Waals surface area (Å²) in [4.78, 5) is 43.3. The van der Waals surface area contributed by atoms with Crippen LogP contribution in [0, 0.1) is 0 Å². The van der Waals surface area contributed by atoms with Gasteiger partial charge >= 0.3 is 5.97 Å². The molecular weight excluding hydrogens is 418 g/mol. The van der Waals surface area contributed by atoms with E-state index < -0.39 is 6.17 Å². The lowest BCUT2D eigenvalue weighted by molar-refractivity contribution is -0.143. The summed E-state index contributed by atoms with van der Waals surface area (Å²) in [5, 5.41) is 2.81. The molecule has 0 radical (unpaired) electrons. The number of rotatable bonds is 10. The molecule has 7 nitrogen and oxygen atoms in total. The highest BCUT2D eigenvalue weighted by Crippen LogP contribution is 2.27. The van der Waals surface area contributed by atoms with E-state index in [0.29, 0.717) is 31.6 Å². The van der Waals surface area contributed by atoms with Gasteiger partial charge in [0.05, 0.1) is 18.0 Å². The Labute approximate surface area is 194 Å². The number of nitrogens with zero attached hydrogens (tertiary/aromatic N) is 2. The molecule has 0 aliphatic carbocycles. The number of hydrogen-bond acceptors (Lipinski definition) is 5. The molecule has 0 fully saturated rings. The molecule has 1 N–H and O–H groups in total. The minimum atomic E-state index is -0.992. The Morgan fingerprint density at radius 3 is 2.36 bits per heavy atom. The topological polar surface area (TPSA) is 88.1 Å². The molecular formula is C26H31N3O4. The van der Waals surface area contributed by atoms with Crippen molar-refractivity contribution in [3.63, 3.8) is 0 Å². The third kappa shape index (κ3) is 6.51. The number of aliphatic imine (C=N–C) groups is 1. The summed E-state index contributed by atoms with van der Waals surface area (Å²) in [6.45, 7) is 2.19. The van der Waals surface area contributed by atoms with Gasteiger partial charge in [-0.05, 0) is 25.8 Å². The van der Waals surface area contributed by atoms with Gasteiger partial charge in [-0.2, -0.15) is 0 Å². The number of carbonyl (C=O) groups is 3. The van der Waals surface area contributed by atoms with Gasteiger partial charge in [0.15, 0.2) is 0 Å².